The van der Waals surface area contributed by atoms with Crippen LogP contribution in [0.3, 0.4) is 0 Å². The van der Waals surface area contributed by atoms with Gasteiger partial charge in [-0.1, -0.05) is 133 Å². The fourth-order valence-corrected chi connectivity index (χ4v) is 9.28. The molecular formula is C54H48O13S. The first-order valence-corrected chi connectivity index (χ1v) is 23.1. The summed E-state index contributed by atoms with van der Waals surface area (Å²) in [7, 11) is 0. The van der Waals surface area contributed by atoms with E-state index in [0.29, 0.717) is 5.56 Å². The molecule has 9 rings (SSSR count). The van der Waals surface area contributed by atoms with Crippen LogP contribution in [0.15, 0.2) is 181 Å². The van der Waals surface area contributed by atoms with Crippen LogP contribution in [0.4, 0.5) is 0 Å². The molecule has 3 aliphatic heterocycles. The highest BCUT2D eigenvalue weighted by atomic mass is 32.2. The SMILES string of the molecule is Cc1ccc(S[C@@H]2O[C@@H]3CO[C@H](c4ccccc4)O[C@@H]3[C@H](O[C@@H]3O[C@@H](C)[C@H](OC(=O)c4ccccc4)[C@@H](OC(=O)c4ccccc4)[C@H]3OC(=O)c3ccccc3)[C@H]2OC(=O)c2ccccc2)cc1. The molecule has 0 amide bonds. The first-order valence-electron chi connectivity index (χ1n) is 22.2. The van der Waals surface area contributed by atoms with Crippen LogP contribution in [0, 0.1) is 6.92 Å². The number of esters is 4. The summed E-state index contributed by atoms with van der Waals surface area (Å²) in [6.45, 7) is 3.66. The zero-order chi connectivity index (χ0) is 47.0. The minimum Gasteiger partial charge on any atom is -0.452 e. The number of thioether (sulfide) groups is 1. The van der Waals surface area contributed by atoms with Crippen LogP contribution in [0.2, 0.25) is 0 Å². The van der Waals surface area contributed by atoms with Gasteiger partial charge in [0, 0.05) is 10.5 Å². The lowest BCUT2D eigenvalue weighted by molar-refractivity contribution is -0.362. The van der Waals surface area contributed by atoms with E-state index in [9.17, 15) is 19.2 Å². The van der Waals surface area contributed by atoms with Crippen LogP contribution < -0.4 is 0 Å². The van der Waals surface area contributed by atoms with Crippen molar-refractivity contribution in [3.63, 3.8) is 0 Å². The molecule has 0 aliphatic carbocycles. The molecule has 13 nitrogen and oxygen atoms in total. The van der Waals surface area contributed by atoms with Crippen molar-refractivity contribution in [1.82, 2.24) is 0 Å². The van der Waals surface area contributed by atoms with Gasteiger partial charge in [0.1, 0.15) is 23.7 Å². The standard InChI is InChI=1S/C54H48O13S/c1-33-28-30-40(31-29-33)68-54-47(65-51(58)38-24-14-6-15-25-38)45(43-41(61-54)32-59-52(66-43)39-26-16-7-17-27-39)67-53-46(64-50(57)37-22-12-5-13-23-37)44(63-49(56)36-20-10-4-11-21-36)42(34(2)60-53)62-48(55)35-18-8-3-9-19-35/h3-31,34,41-47,52-54H,32H2,1-2H3/t34-,41+,42-,43-,44+,45-,46+,47+,52-,53-,54-/m0/s1. The van der Waals surface area contributed by atoms with Gasteiger partial charge in [-0.25, -0.2) is 19.2 Å². The lowest BCUT2D eigenvalue weighted by Gasteiger charge is -2.51. The number of aryl methyl sites for hydroxylation is 1. The minimum absolute atomic E-state index is 0.0531. The van der Waals surface area contributed by atoms with Gasteiger partial charge in [0.25, 0.3) is 0 Å². The number of hydrogen-bond donors (Lipinski definition) is 0. The molecule has 348 valence electrons. The van der Waals surface area contributed by atoms with Crippen molar-refractivity contribution in [3.8, 4) is 0 Å². The minimum atomic E-state index is -1.61. The van der Waals surface area contributed by atoms with Crippen LogP contribution in [0.25, 0.3) is 0 Å². The van der Waals surface area contributed by atoms with Gasteiger partial charge in [-0.05, 0) is 74.5 Å². The maximum Gasteiger partial charge on any atom is 0.338 e. The van der Waals surface area contributed by atoms with E-state index in [2.05, 4.69) is 0 Å². The monoisotopic (exact) mass is 936 g/mol. The topological polar surface area (TPSA) is 151 Å². The molecule has 6 aromatic carbocycles. The van der Waals surface area contributed by atoms with E-state index in [1.807, 2.05) is 61.5 Å². The molecule has 11 atom stereocenters. The Kier molecular flexibility index (Phi) is 14.7. The first kappa shape index (κ1) is 46.5. The second-order valence-corrected chi connectivity index (χ2v) is 17.6. The van der Waals surface area contributed by atoms with Crippen LogP contribution in [0.5, 0.6) is 0 Å². The van der Waals surface area contributed by atoms with Crippen LogP contribution >= 0.6 is 11.8 Å². The number of carbonyl (C=O) groups is 4. The van der Waals surface area contributed by atoms with Gasteiger partial charge >= 0.3 is 23.9 Å². The normalized spacial score (nSPS) is 26.6. The summed E-state index contributed by atoms with van der Waals surface area (Å²) in [5.74, 6) is -3.01. The molecule has 0 N–H and O–H groups in total. The summed E-state index contributed by atoms with van der Waals surface area (Å²) < 4.78 is 58.8. The van der Waals surface area contributed by atoms with Gasteiger partial charge in [-0.3, -0.25) is 0 Å². The predicted octanol–water partition coefficient (Wildman–Crippen LogP) is 8.96. The van der Waals surface area contributed by atoms with Gasteiger partial charge in [0.15, 0.2) is 37.0 Å². The molecule has 0 aromatic heterocycles. The molecule has 3 fully saturated rings. The number of rotatable bonds is 13. The highest BCUT2D eigenvalue weighted by Gasteiger charge is 2.58. The molecule has 6 aromatic rings. The highest BCUT2D eigenvalue weighted by molar-refractivity contribution is 7.99. The molecule has 0 saturated carbocycles. The molecule has 0 spiro atoms. The second kappa shape index (κ2) is 21.5. The molecule has 68 heavy (non-hydrogen) atoms. The fraction of sp³-hybridized carbons (Fsp3) is 0.259. The highest BCUT2D eigenvalue weighted by Crippen LogP contribution is 2.43. The molecule has 3 saturated heterocycles. The van der Waals surface area contributed by atoms with E-state index in [1.54, 1.807) is 128 Å². The summed E-state index contributed by atoms with van der Waals surface area (Å²) in [4.78, 5) is 57.2. The Balaban J connectivity index is 1.14. The largest absolute Gasteiger partial charge is 0.452 e. The Morgan fingerprint density at radius 2 is 0.926 bits per heavy atom. The van der Waals surface area contributed by atoms with Crippen LogP contribution in [0.1, 0.15) is 65.8 Å². The van der Waals surface area contributed by atoms with E-state index in [-0.39, 0.29) is 28.9 Å². The molecule has 3 heterocycles. The number of benzene rings is 6. The van der Waals surface area contributed by atoms with E-state index in [0.717, 1.165) is 10.5 Å². The predicted molar refractivity (Wildman–Crippen MR) is 247 cm³/mol. The zero-order valence-corrected chi connectivity index (χ0v) is 37.8. The summed E-state index contributed by atoms with van der Waals surface area (Å²) in [5, 5.41) is 0. The molecule has 0 bridgehead atoms. The van der Waals surface area contributed by atoms with Crippen LogP contribution in [-0.4, -0.2) is 91.0 Å². The Labute approximate surface area is 397 Å². The van der Waals surface area contributed by atoms with Crippen molar-refractivity contribution in [2.24, 2.45) is 0 Å². The zero-order valence-electron chi connectivity index (χ0n) is 37.0. The fourth-order valence-electron chi connectivity index (χ4n) is 8.18. The Morgan fingerprint density at radius 1 is 0.485 bits per heavy atom. The third kappa shape index (κ3) is 10.9. The number of fused-ring (bicyclic) bond motifs is 1. The lowest BCUT2D eigenvalue weighted by atomic mass is 9.96. The first-order chi connectivity index (χ1) is 33.2. The summed E-state index contributed by atoms with van der Waals surface area (Å²) >= 11 is 1.31. The average molecular weight is 937 g/mol. The Morgan fingerprint density at radius 3 is 1.43 bits per heavy atom. The summed E-state index contributed by atoms with van der Waals surface area (Å²) in [6, 6.07) is 50.4. The molecule has 3 aliphatic rings. The summed E-state index contributed by atoms with van der Waals surface area (Å²) in [5.41, 5.74) is 1.69. The van der Waals surface area contributed by atoms with Gasteiger partial charge in [-0.2, -0.15) is 0 Å². The van der Waals surface area contributed by atoms with Crippen molar-refractivity contribution >= 4 is 35.6 Å². The third-order valence-corrected chi connectivity index (χ3v) is 12.8. The van der Waals surface area contributed by atoms with E-state index >= 15 is 0 Å². The van der Waals surface area contributed by atoms with Crippen molar-refractivity contribution in [2.75, 3.05) is 6.61 Å². The number of hydrogen-bond acceptors (Lipinski definition) is 14. The molecule has 14 heteroatoms. The van der Waals surface area contributed by atoms with E-state index in [4.69, 9.17) is 42.6 Å². The number of carbonyl (C=O) groups excluding carboxylic acids is 4. The van der Waals surface area contributed by atoms with Crippen molar-refractivity contribution in [3.05, 3.63) is 209 Å². The van der Waals surface area contributed by atoms with Gasteiger partial charge in [0.2, 0.25) is 0 Å². The number of ether oxygens (including phenoxy) is 9. The van der Waals surface area contributed by atoms with E-state index < -0.39 is 90.7 Å². The lowest BCUT2D eigenvalue weighted by Crippen LogP contribution is -2.67. The smallest absolute Gasteiger partial charge is 0.338 e. The molecule has 0 radical (unpaired) electrons. The average Bonchev–Trinajstić information content (AvgIpc) is 3.38. The van der Waals surface area contributed by atoms with Gasteiger partial charge in [0.05, 0.1) is 35.0 Å². The van der Waals surface area contributed by atoms with Crippen molar-refractivity contribution in [1.29, 1.82) is 0 Å². The third-order valence-electron chi connectivity index (χ3n) is 11.7. The van der Waals surface area contributed by atoms with Crippen LogP contribution in [-0.2, 0) is 42.6 Å². The Bertz CT molecular complexity index is 2620. The van der Waals surface area contributed by atoms with Gasteiger partial charge in [-0.15, -0.1) is 0 Å². The van der Waals surface area contributed by atoms with Crippen molar-refractivity contribution in [2.45, 2.75) is 85.6 Å². The van der Waals surface area contributed by atoms with Gasteiger partial charge < -0.3 is 42.6 Å². The van der Waals surface area contributed by atoms with Crippen molar-refractivity contribution < 1.29 is 61.8 Å². The summed E-state index contributed by atoms with van der Waals surface area (Å²) in [6.07, 6.45) is -12.2. The van der Waals surface area contributed by atoms with E-state index in [1.165, 1.54) is 11.8 Å². The maximum absolute atomic E-state index is 14.2. The molecule has 0 unspecified atom stereocenters. The maximum atomic E-state index is 14.2. The second-order valence-electron chi connectivity index (χ2n) is 16.4. The quantitative estimate of drug-likeness (QED) is 0.0800. The molecular weight excluding hydrogens is 889 g/mol. The Hall–Kier alpha value is -6.65.